The minimum Gasteiger partial charge on any atom is -0.349 e. The highest BCUT2D eigenvalue weighted by Gasteiger charge is 2.08. The first-order chi connectivity index (χ1) is 12.3. The van der Waals surface area contributed by atoms with Crippen LogP contribution >= 0.6 is 11.6 Å². The van der Waals surface area contributed by atoms with Gasteiger partial charge in [0, 0.05) is 0 Å². The van der Waals surface area contributed by atoms with Gasteiger partial charge in [-0.15, -0.1) is 11.6 Å². The Morgan fingerprint density at radius 1 is 1.04 bits per heavy atom. The summed E-state index contributed by atoms with van der Waals surface area (Å²) in [5, 5.41) is 7.35. The van der Waals surface area contributed by atoms with Crippen LogP contribution in [0.15, 0.2) is 66.7 Å². The number of rotatable bonds is 6. The first-order valence-corrected chi connectivity index (χ1v) is 8.50. The molecule has 5 heteroatoms. The molecule has 0 fully saturated rings. The first kappa shape index (κ1) is 17.0. The fourth-order valence-corrected chi connectivity index (χ4v) is 2.50. The molecule has 0 bridgehead atoms. The van der Waals surface area contributed by atoms with E-state index in [1.54, 1.807) is 0 Å². The molecule has 3 aromatic rings. The Balaban J connectivity index is 1.90. The van der Waals surface area contributed by atoms with Gasteiger partial charge in [-0.1, -0.05) is 54.6 Å². The van der Waals surface area contributed by atoms with Crippen molar-refractivity contribution in [3.63, 3.8) is 0 Å². The summed E-state index contributed by atoms with van der Waals surface area (Å²) in [7, 11) is 0. The van der Waals surface area contributed by atoms with E-state index in [2.05, 4.69) is 10.4 Å². The van der Waals surface area contributed by atoms with Crippen LogP contribution in [0.3, 0.4) is 0 Å². The fourth-order valence-electron chi connectivity index (χ4n) is 2.41. The molecule has 0 atom stereocenters. The molecule has 0 spiro atoms. The lowest BCUT2D eigenvalue weighted by atomic mass is 10.2. The second-order valence-corrected chi connectivity index (χ2v) is 5.73. The van der Waals surface area contributed by atoms with E-state index in [0.717, 1.165) is 22.6 Å². The molecule has 4 nitrogen and oxygen atoms in total. The van der Waals surface area contributed by atoms with Crippen molar-refractivity contribution in [3.05, 3.63) is 83.7 Å². The number of amides is 1. The molecule has 1 aromatic heterocycles. The fraction of sp³-hybridized carbons (Fsp3) is 0.100. The zero-order valence-corrected chi connectivity index (χ0v) is 14.4. The predicted octanol–water partition coefficient (Wildman–Crippen LogP) is 3.90. The Morgan fingerprint density at radius 3 is 2.40 bits per heavy atom. The normalized spacial score (nSPS) is 10.9. The van der Waals surface area contributed by atoms with Crippen LogP contribution in [0.2, 0.25) is 0 Å². The molecule has 0 aliphatic heterocycles. The standard InChI is InChI=1S/C20H18ClN3O/c21-14-20(25)22-15-17-13-19(12-11-16-7-3-1-4-8-16)24(23-17)18-9-5-2-6-10-18/h1-13H,14-15H2,(H,22,25). The van der Waals surface area contributed by atoms with E-state index in [0.29, 0.717) is 6.54 Å². The minimum atomic E-state index is -0.211. The molecule has 1 amide bonds. The number of halogens is 1. The number of nitrogens with one attached hydrogen (secondary N) is 1. The molecule has 1 heterocycles. The SMILES string of the molecule is O=C(CCl)NCc1cc(C=Cc2ccccc2)n(-c2ccccc2)n1. The summed E-state index contributed by atoms with van der Waals surface area (Å²) >= 11 is 5.52. The van der Waals surface area contributed by atoms with Crippen molar-refractivity contribution in [1.82, 2.24) is 15.1 Å². The molecule has 2 aromatic carbocycles. The van der Waals surface area contributed by atoms with Crippen molar-refractivity contribution in [2.75, 3.05) is 5.88 Å². The maximum atomic E-state index is 11.4. The number of benzene rings is 2. The van der Waals surface area contributed by atoms with Gasteiger partial charge in [0.1, 0.15) is 5.88 Å². The molecular weight excluding hydrogens is 334 g/mol. The third-order valence-corrected chi connectivity index (χ3v) is 3.87. The van der Waals surface area contributed by atoms with E-state index in [9.17, 15) is 4.79 Å². The number of nitrogens with zero attached hydrogens (tertiary/aromatic N) is 2. The number of hydrogen-bond donors (Lipinski definition) is 1. The highest BCUT2D eigenvalue weighted by molar-refractivity contribution is 6.27. The van der Waals surface area contributed by atoms with Gasteiger partial charge in [-0.2, -0.15) is 5.10 Å². The van der Waals surface area contributed by atoms with E-state index in [1.807, 2.05) is 83.6 Å². The van der Waals surface area contributed by atoms with Crippen LogP contribution in [0.1, 0.15) is 17.0 Å². The summed E-state index contributed by atoms with van der Waals surface area (Å²) in [6.45, 7) is 0.345. The monoisotopic (exact) mass is 351 g/mol. The lowest BCUT2D eigenvalue weighted by molar-refractivity contribution is -0.118. The van der Waals surface area contributed by atoms with Crippen LogP contribution in [0.4, 0.5) is 0 Å². The Kier molecular flexibility index (Phi) is 5.65. The summed E-state index contributed by atoms with van der Waals surface area (Å²) in [5.41, 5.74) is 3.78. The molecule has 0 radical (unpaired) electrons. The number of para-hydroxylation sites is 1. The second-order valence-electron chi connectivity index (χ2n) is 5.46. The number of alkyl halides is 1. The van der Waals surface area contributed by atoms with Gasteiger partial charge in [-0.25, -0.2) is 4.68 Å². The molecular formula is C20H18ClN3O. The van der Waals surface area contributed by atoms with Gasteiger partial charge >= 0.3 is 0 Å². The average Bonchev–Trinajstić information content (AvgIpc) is 3.09. The van der Waals surface area contributed by atoms with Crippen LogP contribution < -0.4 is 5.32 Å². The minimum absolute atomic E-state index is 0.0554. The van der Waals surface area contributed by atoms with E-state index in [4.69, 9.17) is 11.6 Å². The Bertz CT molecular complexity index is 857. The van der Waals surface area contributed by atoms with Crippen molar-refractivity contribution < 1.29 is 4.79 Å². The molecule has 0 unspecified atom stereocenters. The largest absolute Gasteiger partial charge is 0.349 e. The van der Waals surface area contributed by atoms with Crippen molar-refractivity contribution in [2.24, 2.45) is 0 Å². The third-order valence-electron chi connectivity index (χ3n) is 3.62. The van der Waals surface area contributed by atoms with Gasteiger partial charge in [0.2, 0.25) is 5.91 Å². The summed E-state index contributed by atoms with van der Waals surface area (Å²) in [6, 6.07) is 21.9. The van der Waals surface area contributed by atoms with Crippen LogP contribution in [0.5, 0.6) is 0 Å². The van der Waals surface area contributed by atoms with Gasteiger partial charge in [-0.05, 0) is 29.8 Å². The quantitative estimate of drug-likeness (QED) is 0.685. The molecule has 0 saturated carbocycles. The van der Waals surface area contributed by atoms with Crippen LogP contribution in [-0.2, 0) is 11.3 Å². The third kappa shape index (κ3) is 4.58. The summed E-state index contributed by atoms with van der Waals surface area (Å²) in [5.74, 6) is -0.266. The highest BCUT2D eigenvalue weighted by Crippen LogP contribution is 2.16. The Hall–Kier alpha value is -2.85. The predicted molar refractivity (Wildman–Crippen MR) is 102 cm³/mol. The smallest absolute Gasteiger partial charge is 0.235 e. The maximum absolute atomic E-state index is 11.4. The van der Waals surface area contributed by atoms with E-state index >= 15 is 0 Å². The average molecular weight is 352 g/mol. The molecule has 0 aliphatic rings. The summed E-state index contributed by atoms with van der Waals surface area (Å²) in [4.78, 5) is 11.4. The van der Waals surface area contributed by atoms with Gasteiger partial charge in [0.25, 0.3) is 0 Å². The second kappa shape index (κ2) is 8.31. The lowest BCUT2D eigenvalue weighted by Crippen LogP contribution is -2.23. The van der Waals surface area contributed by atoms with Crippen molar-refractivity contribution >= 4 is 29.7 Å². The van der Waals surface area contributed by atoms with Crippen molar-refractivity contribution in [3.8, 4) is 5.69 Å². The number of carbonyl (C=O) groups excluding carboxylic acids is 1. The molecule has 0 aliphatic carbocycles. The Labute approximate surface area is 151 Å². The van der Waals surface area contributed by atoms with Crippen molar-refractivity contribution in [1.29, 1.82) is 0 Å². The van der Waals surface area contributed by atoms with Crippen LogP contribution in [0.25, 0.3) is 17.8 Å². The lowest BCUT2D eigenvalue weighted by Gasteiger charge is -2.04. The summed E-state index contributed by atoms with van der Waals surface area (Å²) < 4.78 is 1.86. The zero-order chi connectivity index (χ0) is 17.5. The van der Waals surface area contributed by atoms with E-state index in [1.165, 1.54) is 0 Å². The van der Waals surface area contributed by atoms with Gasteiger partial charge in [-0.3, -0.25) is 4.79 Å². The maximum Gasteiger partial charge on any atom is 0.235 e. The van der Waals surface area contributed by atoms with E-state index < -0.39 is 0 Å². The molecule has 1 N–H and O–H groups in total. The van der Waals surface area contributed by atoms with E-state index in [-0.39, 0.29) is 11.8 Å². The number of hydrogen-bond acceptors (Lipinski definition) is 2. The summed E-state index contributed by atoms with van der Waals surface area (Å²) in [6.07, 6.45) is 4.06. The number of aromatic nitrogens is 2. The topological polar surface area (TPSA) is 46.9 Å². The Morgan fingerprint density at radius 2 is 1.72 bits per heavy atom. The van der Waals surface area contributed by atoms with Crippen molar-refractivity contribution in [2.45, 2.75) is 6.54 Å². The number of carbonyl (C=O) groups is 1. The molecule has 0 saturated heterocycles. The van der Waals surface area contributed by atoms with Gasteiger partial charge in [0.15, 0.2) is 0 Å². The van der Waals surface area contributed by atoms with Gasteiger partial charge < -0.3 is 5.32 Å². The first-order valence-electron chi connectivity index (χ1n) is 7.96. The highest BCUT2D eigenvalue weighted by atomic mass is 35.5. The molecule has 126 valence electrons. The van der Waals surface area contributed by atoms with Crippen LogP contribution in [-0.4, -0.2) is 21.6 Å². The van der Waals surface area contributed by atoms with Gasteiger partial charge in [0.05, 0.1) is 23.6 Å². The molecule has 3 rings (SSSR count). The van der Waals surface area contributed by atoms with Crippen LogP contribution in [0, 0.1) is 0 Å². The molecule has 25 heavy (non-hydrogen) atoms. The zero-order valence-electron chi connectivity index (χ0n) is 13.6.